The third-order valence-corrected chi connectivity index (χ3v) is 3.07. The van der Waals surface area contributed by atoms with Crippen LogP contribution in [0, 0.1) is 0 Å². The summed E-state index contributed by atoms with van der Waals surface area (Å²) in [6, 6.07) is 8.62. The number of aromatic hydroxyl groups is 1. The predicted molar refractivity (Wildman–Crippen MR) is 80.1 cm³/mol. The molecule has 1 heterocycles. The van der Waals surface area contributed by atoms with Gasteiger partial charge in [0.05, 0.1) is 21.3 Å². The van der Waals surface area contributed by atoms with Gasteiger partial charge in [0.15, 0.2) is 11.5 Å². The second-order valence-corrected chi connectivity index (χ2v) is 4.31. The van der Waals surface area contributed by atoms with Crippen molar-refractivity contribution in [3.63, 3.8) is 0 Å². The van der Waals surface area contributed by atoms with Gasteiger partial charge in [-0.1, -0.05) is 12.6 Å². The Hall–Kier alpha value is -2.69. The molecular weight excluding hydrogens is 270 g/mol. The van der Waals surface area contributed by atoms with Crippen molar-refractivity contribution in [3.8, 4) is 23.3 Å². The SMILES string of the molecule is C=C(c1cc(OC)nc(OC)c1)c1ccc(OC)c(O)c1. The zero-order chi connectivity index (χ0) is 15.4. The van der Waals surface area contributed by atoms with E-state index < -0.39 is 0 Å². The molecule has 5 nitrogen and oxygen atoms in total. The third-order valence-electron chi connectivity index (χ3n) is 3.07. The molecule has 110 valence electrons. The molecule has 0 amide bonds. The van der Waals surface area contributed by atoms with Gasteiger partial charge in [-0.15, -0.1) is 0 Å². The summed E-state index contributed by atoms with van der Waals surface area (Å²) >= 11 is 0. The Bertz CT molecular complexity index is 645. The normalized spacial score (nSPS) is 10.0. The third kappa shape index (κ3) is 3.08. The fraction of sp³-hybridized carbons (Fsp3) is 0.188. The Labute approximate surface area is 123 Å². The highest BCUT2D eigenvalue weighted by molar-refractivity contribution is 5.79. The van der Waals surface area contributed by atoms with E-state index in [1.54, 1.807) is 24.3 Å². The van der Waals surface area contributed by atoms with Crippen LogP contribution in [0.2, 0.25) is 0 Å². The van der Waals surface area contributed by atoms with Gasteiger partial charge in [0.2, 0.25) is 11.8 Å². The summed E-state index contributed by atoms with van der Waals surface area (Å²) in [7, 11) is 4.57. The zero-order valence-corrected chi connectivity index (χ0v) is 12.2. The maximum atomic E-state index is 9.86. The van der Waals surface area contributed by atoms with Crippen molar-refractivity contribution >= 4 is 5.57 Å². The van der Waals surface area contributed by atoms with Crippen LogP contribution in [0.25, 0.3) is 5.57 Å². The van der Waals surface area contributed by atoms with Gasteiger partial charge in [0.25, 0.3) is 0 Å². The van der Waals surface area contributed by atoms with E-state index in [1.807, 2.05) is 6.07 Å². The number of pyridine rings is 1. The molecule has 0 aliphatic heterocycles. The number of aromatic nitrogens is 1. The summed E-state index contributed by atoms with van der Waals surface area (Å²) in [5.74, 6) is 1.34. The van der Waals surface area contributed by atoms with Crippen LogP contribution in [0.1, 0.15) is 11.1 Å². The highest BCUT2D eigenvalue weighted by Gasteiger charge is 2.10. The van der Waals surface area contributed by atoms with E-state index in [0.717, 1.165) is 11.1 Å². The second kappa shape index (κ2) is 6.17. The summed E-state index contributed by atoms with van der Waals surface area (Å²) in [5, 5.41) is 9.86. The zero-order valence-electron chi connectivity index (χ0n) is 12.2. The molecule has 0 radical (unpaired) electrons. The van der Waals surface area contributed by atoms with Crippen molar-refractivity contribution in [3.05, 3.63) is 48.0 Å². The molecule has 1 aromatic heterocycles. The molecule has 0 bridgehead atoms. The maximum absolute atomic E-state index is 9.86. The van der Waals surface area contributed by atoms with E-state index >= 15 is 0 Å². The lowest BCUT2D eigenvalue weighted by atomic mass is 10.00. The van der Waals surface area contributed by atoms with Crippen molar-refractivity contribution in [1.82, 2.24) is 4.98 Å². The van der Waals surface area contributed by atoms with E-state index in [4.69, 9.17) is 14.2 Å². The van der Waals surface area contributed by atoms with E-state index in [0.29, 0.717) is 23.1 Å². The fourth-order valence-electron chi connectivity index (χ4n) is 1.91. The number of nitrogens with zero attached hydrogens (tertiary/aromatic N) is 1. The molecule has 0 spiro atoms. The summed E-state index contributed by atoms with van der Waals surface area (Å²) in [6.07, 6.45) is 0. The van der Waals surface area contributed by atoms with Gasteiger partial charge in [0, 0.05) is 12.1 Å². The van der Waals surface area contributed by atoms with Crippen molar-refractivity contribution in [2.24, 2.45) is 0 Å². The summed E-state index contributed by atoms with van der Waals surface area (Å²) in [6.45, 7) is 4.05. The van der Waals surface area contributed by atoms with Gasteiger partial charge in [-0.2, -0.15) is 4.98 Å². The minimum Gasteiger partial charge on any atom is -0.504 e. The van der Waals surface area contributed by atoms with Crippen molar-refractivity contribution in [1.29, 1.82) is 0 Å². The molecule has 1 N–H and O–H groups in total. The molecule has 0 saturated heterocycles. The number of hydrogen-bond acceptors (Lipinski definition) is 5. The molecule has 0 fully saturated rings. The van der Waals surface area contributed by atoms with Crippen LogP contribution in [0.3, 0.4) is 0 Å². The van der Waals surface area contributed by atoms with Crippen LogP contribution in [-0.4, -0.2) is 31.4 Å². The molecule has 0 unspecified atom stereocenters. The Morgan fingerprint density at radius 3 is 2.05 bits per heavy atom. The van der Waals surface area contributed by atoms with E-state index in [2.05, 4.69) is 11.6 Å². The van der Waals surface area contributed by atoms with Gasteiger partial charge in [-0.05, 0) is 28.8 Å². The van der Waals surface area contributed by atoms with Gasteiger partial charge in [-0.25, -0.2) is 0 Å². The van der Waals surface area contributed by atoms with E-state index in [1.165, 1.54) is 21.3 Å². The molecule has 0 aliphatic rings. The number of phenolic OH excluding ortho intramolecular Hbond substituents is 1. The lowest BCUT2D eigenvalue weighted by molar-refractivity contribution is 0.364. The van der Waals surface area contributed by atoms with Crippen molar-refractivity contribution in [2.75, 3.05) is 21.3 Å². The molecule has 5 heteroatoms. The minimum atomic E-state index is 0.0594. The first-order valence-electron chi connectivity index (χ1n) is 6.25. The Kier molecular flexibility index (Phi) is 4.33. The van der Waals surface area contributed by atoms with Crippen LogP contribution in [0.5, 0.6) is 23.3 Å². The molecule has 21 heavy (non-hydrogen) atoms. The van der Waals surface area contributed by atoms with Crippen LogP contribution in [0.4, 0.5) is 0 Å². The monoisotopic (exact) mass is 287 g/mol. The number of methoxy groups -OCH3 is 3. The van der Waals surface area contributed by atoms with Gasteiger partial charge < -0.3 is 19.3 Å². The highest BCUT2D eigenvalue weighted by Crippen LogP contribution is 2.32. The number of phenols is 1. The Balaban J connectivity index is 2.41. The lowest BCUT2D eigenvalue weighted by Gasteiger charge is -2.11. The summed E-state index contributed by atoms with van der Waals surface area (Å²) in [4.78, 5) is 4.14. The first kappa shape index (κ1) is 14.7. The predicted octanol–water partition coefficient (Wildman–Crippen LogP) is 2.87. The van der Waals surface area contributed by atoms with Crippen LogP contribution < -0.4 is 14.2 Å². The molecule has 0 atom stereocenters. The number of hydrogen-bond donors (Lipinski definition) is 1. The van der Waals surface area contributed by atoms with Crippen LogP contribution in [0.15, 0.2) is 36.9 Å². The quantitative estimate of drug-likeness (QED) is 0.916. The van der Waals surface area contributed by atoms with Gasteiger partial charge in [-0.3, -0.25) is 0 Å². The molecule has 2 rings (SSSR count). The molecule has 0 saturated carbocycles. The minimum absolute atomic E-state index is 0.0594. The maximum Gasteiger partial charge on any atom is 0.216 e. The first-order chi connectivity index (χ1) is 10.1. The Morgan fingerprint density at radius 2 is 1.57 bits per heavy atom. The van der Waals surface area contributed by atoms with E-state index in [9.17, 15) is 5.11 Å². The van der Waals surface area contributed by atoms with Crippen LogP contribution >= 0.6 is 0 Å². The van der Waals surface area contributed by atoms with Crippen molar-refractivity contribution in [2.45, 2.75) is 0 Å². The fourth-order valence-corrected chi connectivity index (χ4v) is 1.91. The van der Waals surface area contributed by atoms with Crippen molar-refractivity contribution < 1.29 is 19.3 Å². The molecular formula is C16H17NO4. The summed E-state index contributed by atoms with van der Waals surface area (Å²) in [5.41, 5.74) is 2.28. The number of benzene rings is 1. The van der Waals surface area contributed by atoms with Gasteiger partial charge in [0.1, 0.15) is 0 Å². The smallest absolute Gasteiger partial charge is 0.216 e. The second-order valence-electron chi connectivity index (χ2n) is 4.31. The molecule has 2 aromatic rings. The standard InChI is InChI=1S/C16H17NO4/c1-10(11-5-6-14(19-2)13(18)7-11)12-8-15(20-3)17-16(9-12)21-4/h5-9,18H,1H2,2-4H3. The average molecular weight is 287 g/mol. The largest absolute Gasteiger partial charge is 0.504 e. The van der Waals surface area contributed by atoms with E-state index in [-0.39, 0.29) is 5.75 Å². The van der Waals surface area contributed by atoms with Gasteiger partial charge >= 0.3 is 0 Å². The number of rotatable bonds is 5. The average Bonchev–Trinajstić information content (AvgIpc) is 2.53. The topological polar surface area (TPSA) is 60.8 Å². The lowest BCUT2D eigenvalue weighted by Crippen LogP contribution is -1.96. The summed E-state index contributed by atoms with van der Waals surface area (Å²) < 4.78 is 15.3. The molecule has 0 aliphatic carbocycles. The first-order valence-corrected chi connectivity index (χ1v) is 6.25. The molecule has 1 aromatic carbocycles. The highest BCUT2D eigenvalue weighted by atomic mass is 16.5. The number of ether oxygens (including phenoxy) is 3. The van der Waals surface area contributed by atoms with Crippen LogP contribution in [-0.2, 0) is 0 Å². The Morgan fingerprint density at radius 1 is 0.952 bits per heavy atom.